The molecule has 0 N–H and O–H groups in total. The van der Waals surface area contributed by atoms with Gasteiger partial charge in [-0.1, -0.05) is 31.2 Å². The average Bonchev–Trinajstić information content (AvgIpc) is 2.74. The van der Waals surface area contributed by atoms with E-state index in [1.807, 2.05) is 19.1 Å². The Hall–Kier alpha value is -0.391. The van der Waals surface area contributed by atoms with Crippen LogP contribution in [-0.4, -0.2) is 0 Å². The van der Waals surface area contributed by atoms with Gasteiger partial charge in [-0.05, 0) is 25.7 Å². The second-order valence-electron chi connectivity index (χ2n) is 3.60. The molecular formula is C16H24Ir-2. The molecule has 0 amide bonds. The van der Waals surface area contributed by atoms with Crippen molar-refractivity contribution in [1.82, 2.24) is 0 Å². The van der Waals surface area contributed by atoms with Crippen molar-refractivity contribution in [2.75, 3.05) is 0 Å². The largest absolute Gasteiger partial charge is 0.344 e. The quantitative estimate of drug-likeness (QED) is 0.381. The van der Waals surface area contributed by atoms with Gasteiger partial charge in [0, 0.05) is 20.1 Å². The average molecular weight is 409 g/mol. The van der Waals surface area contributed by atoms with Crippen LogP contribution < -0.4 is 0 Å². The van der Waals surface area contributed by atoms with Gasteiger partial charge in [-0.3, -0.25) is 6.08 Å². The van der Waals surface area contributed by atoms with E-state index >= 15 is 0 Å². The second-order valence-corrected chi connectivity index (χ2v) is 3.60. The minimum Gasteiger partial charge on any atom is -0.344 e. The smallest absolute Gasteiger partial charge is 0 e. The topological polar surface area (TPSA) is 0 Å². The first-order chi connectivity index (χ1) is 7.91. The van der Waals surface area contributed by atoms with E-state index in [2.05, 4.69) is 43.4 Å². The summed E-state index contributed by atoms with van der Waals surface area (Å²) in [7, 11) is 0. The van der Waals surface area contributed by atoms with Crippen molar-refractivity contribution < 1.29 is 20.1 Å². The van der Waals surface area contributed by atoms with Crippen LogP contribution in [0, 0.1) is 13.0 Å². The first-order valence-electron chi connectivity index (χ1n) is 6.22. The monoisotopic (exact) mass is 409 g/mol. The molecule has 0 atom stereocenters. The third kappa shape index (κ3) is 18.2. The van der Waals surface area contributed by atoms with Gasteiger partial charge in [0.15, 0.2) is 0 Å². The molecule has 0 nitrogen and oxygen atoms in total. The summed E-state index contributed by atoms with van der Waals surface area (Å²) >= 11 is 0. The van der Waals surface area contributed by atoms with Gasteiger partial charge in [0.25, 0.3) is 0 Å². The summed E-state index contributed by atoms with van der Waals surface area (Å²) in [6.07, 6.45) is 25.0. The maximum absolute atomic E-state index is 3.49. The molecule has 1 radical (unpaired) electrons. The van der Waals surface area contributed by atoms with Crippen LogP contribution in [0.3, 0.4) is 0 Å². The number of hydrogen-bond acceptors (Lipinski definition) is 0. The second kappa shape index (κ2) is 18.0. The molecule has 0 heterocycles. The molecule has 0 saturated carbocycles. The first kappa shape index (κ1) is 19.0. The predicted octanol–water partition coefficient (Wildman–Crippen LogP) is 5.21. The van der Waals surface area contributed by atoms with Crippen molar-refractivity contribution in [3.05, 3.63) is 55.5 Å². The molecule has 99 valence electrons. The fraction of sp³-hybridized carbons (Fsp3) is 0.438. The van der Waals surface area contributed by atoms with Crippen molar-refractivity contribution >= 4 is 0 Å². The van der Waals surface area contributed by atoms with Gasteiger partial charge in [0.05, 0.1) is 0 Å². The minimum atomic E-state index is 0. The molecule has 0 fully saturated rings. The Balaban J connectivity index is 0. The molecule has 2 rings (SSSR count). The summed E-state index contributed by atoms with van der Waals surface area (Å²) in [6, 6.07) is 0. The van der Waals surface area contributed by atoms with Gasteiger partial charge in [0.2, 0.25) is 0 Å². The normalized spacial score (nSPS) is 17.5. The third-order valence-electron chi connectivity index (χ3n) is 1.92. The van der Waals surface area contributed by atoms with E-state index in [4.69, 9.17) is 0 Å². The van der Waals surface area contributed by atoms with E-state index in [0.29, 0.717) is 0 Å². The van der Waals surface area contributed by atoms with Crippen molar-refractivity contribution in [2.24, 2.45) is 0 Å². The van der Waals surface area contributed by atoms with Crippen LogP contribution in [0.25, 0.3) is 0 Å². The van der Waals surface area contributed by atoms with Gasteiger partial charge in [-0.2, -0.15) is 12.5 Å². The Bertz CT molecular complexity index is 198. The van der Waals surface area contributed by atoms with Crippen LogP contribution in [0.5, 0.6) is 0 Å². The predicted molar refractivity (Wildman–Crippen MR) is 74.0 cm³/mol. The molecule has 2 aliphatic rings. The molecule has 0 aliphatic heterocycles. The molecule has 1 heteroatoms. The zero-order valence-corrected chi connectivity index (χ0v) is 13.2. The summed E-state index contributed by atoms with van der Waals surface area (Å²) in [6.45, 7) is 5.50. The summed E-state index contributed by atoms with van der Waals surface area (Å²) in [4.78, 5) is 0. The zero-order chi connectivity index (χ0) is 11.9. The number of hydrogen-bond donors (Lipinski definition) is 0. The van der Waals surface area contributed by atoms with E-state index in [9.17, 15) is 0 Å². The van der Waals surface area contributed by atoms with Gasteiger partial charge in [-0.15, -0.1) is 6.42 Å². The van der Waals surface area contributed by atoms with Crippen LogP contribution in [0.1, 0.15) is 45.4 Å². The van der Waals surface area contributed by atoms with Crippen molar-refractivity contribution in [2.45, 2.75) is 45.4 Å². The molecular weight excluding hydrogens is 384 g/mol. The molecule has 0 spiro atoms. The van der Waals surface area contributed by atoms with Gasteiger partial charge in [-0.25, -0.2) is 12.2 Å². The Kier molecular flexibility index (Phi) is 20.1. The molecule has 0 aromatic carbocycles. The number of allylic oxidation sites excluding steroid dienone is 8. The SMILES string of the molecule is C1=CCC/C=C\CC1.[C-]1=CC=CC1.[CH2-]CC.[Ir]. The molecule has 0 saturated heterocycles. The van der Waals surface area contributed by atoms with E-state index < -0.39 is 0 Å². The maximum atomic E-state index is 3.49. The summed E-state index contributed by atoms with van der Waals surface area (Å²) < 4.78 is 0. The van der Waals surface area contributed by atoms with Crippen LogP contribution in [0.4, 0.5) is 0 Å². The number of rotatable bonds is 0. The molecule has 0 aromatic rings. The Labute approximate surface area is 121 Å². The van der Waals surface area contributed by atoms with E-state index in [-0.39, 0.29) is 20.1 Å². The van der Waals surface area contributed by atoms with Crippen LogP contribution in [0.2, 0.25) is 0 Å². The van der Waals surface area contributed by atoms with Crippen LogP contribution in [-0.2, 0) is 20.1 Å². The van der Waals surface area contributed by atoms with Crippen LogP contribution in [0.15, 0.2) is 42.5 Å². The molecule has 0 aromatic heterocycles. The minimum absolute atomic E-state index is 0. The Morgan fingerprint density at radius 1 is 0.941 bits per heavy atom. The van der Waals surface area contributed by atoms with Crippen LogP contribution >= 0.6 is 0 Å². The fourth-order valence-electron chi connectivity index (χ4n) is 1.20. The first-order valence-corrected chi connectivity index (χ1v) is 6.22. The van der Waals surface area contributed by atoms with Gasteiger partial charge >= 0.3 is 0 Å². The zero-order valence-electron chi connectivity index (χ0n) is 10.8. The molecule has 17 heavy (non-hydrogen) atoms. The standard InChI is InChI=1S/C8H12.C5H5.C3H7.Ir/c1-2-4-6-8-7-5-3-1;1-2-4-5-3-1;1-3-2;/h1-2,7-8H,3-6H2;1-3H,4H2;1,3H2,2H3;/q;2*-1;/b2-1-,8-7?;;;. The van der Waals surface area contributed by atoms with Crippen molar-refractivity contribution in [1.29, 1.82) is 0 Å². The van der Waals surface area contributed by atoms with E-state index in [1.54, 1.807) is 0 Å². The summed E-state index contributed by atoms with van der Waals surface area (Å²) in [5.74, 6) is 0. The fourth-order valence-corrected chi connectivity index (χ4v) is 1.20. The van der Waals surface area contributed by atoms with Crippen molar-refractivity contribution in [3.8, 4) is 0 Å². The van der Waals surface area contributed by atoms with Gasteiger partial charge in [0.1, 0.15) is 0 Å². The Morgan fingerprint density at radius 2 is 1.35 bits per heavy atom. The van der Waals surface area contributed by atoms with E-state index in [0.717, 1.165) is 12.8 Å². The Morgan fingerprint density at radius 3 is 1.53 bits per heavy atom. The van der Waals surface area contributed by atoms with Gasteiger partial charge < -0.3 is 6.92 Å². The molecule has 0 bridgehead atoms. The summed E-state index contributed by atoms with van der Waals surface area (Å²) in [5, 5.41) is 0. The third-order valence-corrected chi connectivity index (χ3v) is 1.92. The summed E-state index contributed by atoms with van der Waals surface area (Å²) in [5.41, 5.74) is 0. The molecule has 2 aliphatic carbocycles. The maximum Gasteiger partial charge on any atom is 0 e. The van der Waals surface area contributed by atoms with Crippen molar-refractivity contribution in [3.63, 3.8) is 0 Å². The molecule has 0 unspecified atom stereocenters. The van der Waals surface area contributed by atoms with E-state index in [1.165, 1.54) is 25.7 Å².